The van der Waals surface area contributed by atoms with Gasteiger partial charge < -0.3 is 9.64 Å². The van der Waals surface area contributed by atoms with Gasteiger partial charge in [-0.1, -0.05) is 0 Å². The summed E-state index contributed by atoms with van der Waals surface area (Å²) in [6, 6.07) is 1.48. The van der Waals surface area contributed by atoms with Crippen molar-refractivity contribution in [3.8, 4) is 0 Å². The number of carbonyl (C=O) groups is 2. The Balaban J connectivity index is 2.73. The van der Waals surface area contributed by atoms with Gasteiger partial charge in [-0.15, -0.1) is 0 Å². The molecule has 0 saturated carbocycles. The molecule has 0 atom stereocenters. The zero-order valence-corrected chi connectivity index (χ0v) is 10.3. The van der Waals surface area contributed by atoms with E-state index in [-0.39, 0.29) is 18.5 Å². The van der Waals surface area contributed by atoms with Crippen LogP contribution in [0.15, 0.2) is 12.3 Å². The molecule has 6 nitrogen and oxygen atoms in total. The Kier molecular flexibility index (Phi) is 4.68. The first kappa shape index (κ1) is 13.2. The van der Waals surface area contributed by atoms with Crippen molar-refractivity contribution in [1.82, 2.24) is 15.1 Å². The average Bonchev–Trinajstić information content (AvgIpc) is 2.78. The molecule has 0 unspecified atom stereocenters. The van der Waals surface area contributed by atoms with Gasteiger partial charge in [0, 0.05) is 12.2 Å². The molecule has 1 aromatic rings. The van der Waals surface area contributed by atoms with E-state index in [9.17, 15) is 9.59 Å². The molecule has 0 aliphatic rings. The molecule has 94 valence electrons. The molecule has 0 aliphatic heterocycles. The summed E-state index contributed by atoms with van der Waals surface area (Å²) in [5.41, 5.74) is 0.364. The van der Waals surface area contributed by atoms with Crippen LogP contribution in [0.5, 0.6) is 0 Å². The van der Waals surface area contributed by atoms with Crippen LogP contribution < -0.4 is 0 Å². The molecule has 0 aliphatic carbocycles. The molecule has 1 heterocycles. The van der Waals surface area contributed by atoms with Gasteiger partial charge >= 0.3 is 5.97 Å². The summed E-state index contributed by atoms with van der Waals surface area (Å²) in [6.07, 6.45) is 1.50. The molecule has 0 saturated heterocycles. The summed E-state index contributed by atoms with van der Waals surface area (Å²) < 4.78 is 4.83. The van der Waals surface area contributed by atoms with Crippen LogP contribution in [-0.2, 0) is 9.53 Å². The third-order valence-electron chi connectivity index (χ3n) is 2.22. The standard InChI is InChI=1S/C11H17N3O3/c1-4-17-10(15)7-14(8(2)3)11(16)9-5-6-12-13-9/h5-6,8H,4,7H2,1-3H3,(H,12,13). The zero-order chi connectivity index (χ0) is 12.8. The highest BCUT2D eigenvalue weighted by Crippen LogP contribution is 2.06. The Morgan fingerprint density at radius 1 is 1.53 bits per heavy atom. The quantitative estimate of drug-likeness (QED) is 0.772. The lowest BCUT2D eigenvalue weighted by atomic mass is 10.2. The lowest BCUT2D eigenvalue weighted by Gasteiger charge is -2.24. The molecule has 1 aromatic heterocycles. The van der Waals surface area contributed by atoms with Gasteiger partial charge in [0.25, 0.3) is 5.91 Å². The largest absolute Gasteiger partial charge is 0.465 e. The van der Waals surface area contributed by atoms with E-state index in [0.717, 1.165) is 0 Å². The molecule has 0 fully saturated rings. The number of amides is 1. The van der Waals surface area contributed by atoms with Crippen LogP contribution in [-0.4, -0.2) is 46.2 Å². The maximum Gasteiger partial charge on any atom is 0.325 e. The fraction of sp³-hybridized carbons (Fsp3) is 0.545. The van der Waals surface area contributed by atoms with Crippen molar-refractivity contribution < 1.29 is 14.3 Å². The van der Waals surface area contributed by atoms with Crippen LogP contribution in [0.3, 0.4) is 0 Å². The summed E-state index contributed by atoms with van der Waals surface area (Å²) in [6.45, 7) is 5.67. The van der Waals surface area contributed by atoms with Gasteiger partial charge in [0.05, 0.1) is 6.61 Å². The first-order chi connectivity index (χ1) is 8.06. The molecule has 0 aromatic carbocycles. The second kappa shape index (κ2) is 6.03. The SMILES string of the molecule is CCOC(=O)CN(C(=O)c1ccn[nH]1)C(C)C. The Bertz CT molecular complexity index is 373. The number of carbonyl (C=O) groups excluding carboxylic acids is 2. The number of nitrogens with one attached hydrogen (secondary N) is 1. The Hall–Kier alpha value is -1.85. The normalized spacial score (nSPS) is 10.4. The van der Waals surface area contributed by atoms with Crippen molar-refractivity contribution in [1.29, 1.82) is 0 Å². The van der Waals surface area contributed by atoms with Crippen molar-refractivity contribution in [2.24, 2.45) is 0 Å². The number of nitrogens with zero attached hydrogens (tertiary/aromatic N) is 2. The highest BCUT2D eigenvalue weighted by atomic mass is 16.5. The van der Waals surface area contributed by atoms with E-state index in [1.807, 2.05) is 13.8 Å². The van der Waals surface area contributed by atoms with E-state index in [1.165, 1.54) is 11.1 Å². The number of aromatic nitrogens is 2. The first-order valence-electron chi connectivity index (χ1n) is 5.52. The van der Waals surface area contributed by atoms with E-state index in [0.29, 0.717) is 12.3 Å². The van der Waals surface area contributed by atoms with Crippen molar-refractivity contribution in [3.63, 3.8) is 0 Å². The summed E-state index contributed by atoms with van der Waals surface area (Å²) in [7, 11) is 0. The number of rotatable bonds is 5. The minimum absolute atomic E-state index is 0.0522. The van der Waals surface area contributed by atoms with E-state index < -0.39 is 5.97 Å². The number of hydrogen-bond acceptors (Lipinski definition) is 4. The van der Waals surface area contributed by atoms with Gasteiger partial charge in [0.1, 0.15) is 12.2 Å². The molecule has 0 spiro atoms. The molecule has 1 N–H and O–H groups in total. The van der Waals surface area contributed by atoms with Crippen molar-refractivity contribution in [2.75, 3.05) is 13.2 Å². The number of hydrogen-bond donors (Lipinski definition) is 1. The van der Waals surface area contributed by atoms with Gasteiger partial charge in [-0.25, -0.2) is 0 Å². The van der Waals surface area contributed by atoms with Gasteiger partial charge in [0.15, 0.2) is 0 Å². The van der Waals surface area contributed by atoms with Crippen LogP contribution in [0.25, 0.3) is 0 Å². The Morgan fingerprint density at radius 3 is 2.71 bits per heavy atom. The minimum atomic E-state index is -0.408. The van der Waals surface area contributed by atoms with Crippen molar-refractivity contribution in [2.45, 2.75) is 26.8 Å². The smallest absolute Gasteiger partial charge is 0.325 e. The molecular weight excluding hydrogens is 222 g/mol. The van der Waals surface area contributed by atoms with Crippen LogP contribution in [0.1, 0.15) is 31.3 Å². The lowest BCUT2D eigenvalue weighted by Crippen LogP contribution is -2.41. The lowest BCUT2D eigenvalue weighted by molar-refractivity contribution is -0.144. The number of aromatic amines is 1. The van der Waals surface area contributed by atoms with Gasteiger partial charge in [-0.3, -0.25) is 14.7 Å². The second-order valence-electron chi connectivity index (χ2n) is 3.80. The molecule has 1 rings (SSSR count). The predicted octanol–water partition coefficient (Wildman–Crippen LogP) is 0.823. The topological polar surface area (TPSA) is 75.3 Å². The molecule has 6 heteroatoms. The minimum Gasteiger partial charge on any atom is -0.465 e. The van der Waals surface area contributed by atoms with Crippen LogP contribution in [0, 0.1) is 0 Å². The molecule has 0 radical (unpaired) electrons. The number of esters is 1. The van der Waals surface area contributed by atoms with E-state index >= 15 is 0 Å². The summed E-state index contributed by atoms with van der Waals surface area (Å²) in [5, 5.41) is 6.30. The average molecular weight is 239 g/mol. The third kappa shape index (κ3) is 3.58. The monoisotopic (exact) mass is 239 g/mol. The fourth-order valence-corrected chi connectivity index (χ4v) is 1.36. The van der Waals surface area contributed by atoms with Crippen molar-refractivity contribution >= 4 is 11.9 Å². The summed E-state index contributed by atoms with van der Waals surface area (Å²) in [5.74, 6) is -0.667. The maximum absolute atomic E-state index is 12.0. The predicted molar refractivity (Wildman–Crippen MR) is 61.4 cm³/mol. The molecular formula is C11H17N3O3. The second-order valence-corrected chi connectivity index (χ2v) is 3.80. The zero-order valence-electron chi connectivity index (χ0n) is 10.3. The highest BCUT2D eigenvalue weighted by Gasteiger charge is 2.22. The molecule has 17 heavy (non-hydrogen) atoms. The van der Waals surface area contributed by atoms with Crippen LogP contribution >= 0.6 is 0 Å². The highest BCUT2D eigenvalue weighted by molar-refractivity contribution is 5.94. The Morgan fingerprint density at radius 2 is 2.24 bits per heavy atom. The summed E-state index contributed by atoms with van der Waals surface area (Å²) >= 11 is 0. The number of ether oxygens (including phenoxy) is 1. The Labute approximate surface area is 99.9 Å². The van der Waals surface area contributed by atoms with Gasteiger partial charge in [-0.2, -0.15) is 5.10 Å². The van der Waals surface area contributed by atoms with Crippen LogP contribution in [0.4, 0.5) is 0 Å². The summed E-state index contributed by atoms with van der Waals surface area (Å²) in [4.78, 5) is 24.9. The molecule has 1 amide bonds. The van der Waals surface area contributed by atoms with E-state index in [4.69, 9.17) is 4.74 Å². The third-order valence-corrected chi connectivity index (χ3v) is 2.22. The number of H-pyrrole nitrogens is 1. The van der Waals surface area contributed by atoms with Gasteiger partial charge in [-0.05, 0) is 26.8 Å². The van der Waals surface area contributed by atoms with Gasteiger partial charge in [0.2, 0.25) is 0 Å². The first-order valence-corrected chi connectivity index (χ1v) is 5.52. The fourth-order valence-electron chi connectivity index (χ4n) is 1.36. The van der Waals surface area contributed by atoms with Crippen LogP contribution in [0.2, 0.25) is 0 Å². The van der Waals surface area contributed by atoms with E-state index in [1.54, 1.807) is 13.0 Å². The molecule has 0 bridgehead atoms. The van der Waals surface area contributed by atoms with E-state index in [2.05, 4.69) is 10.2 Å². The maximum atomic E-state index is 12.0. The van der Waals surface area contributed by atoms with Crippen molar-refractivity contribution in [3.05, 3.63) is 18.0 Å².